The monoisotopic (exact) mass is 316 g/mol. The van der Waals surface area contributed by atoms with Crippen molar-refractivity contribution in [3.8, 4) is 5.75 Å². The van der Waals surface area contributed by atoms with Crippen LogP contribution in [0.4, 0.5) is 5.69 Å². The lowest BCUT2D eigenvalue weighted by Crippen LogP contribution is -2.14. The molecule has 0 saturated carbocycles. The van der Waals surface area contributed by atoms with Crippen molar-refractivity contribution >= 4 is 27.9 Å². The number of hydrogen-bond donors (Lipinski definition) is 1. The predicted octanol–water partition coefficient (Wildman–Crippen LogP) is 1.72. The fourth-order valence-corrected chi connectivity index (χ4v) is 2.64. The van der Waals surface area contributed by atoms with Gasteiger partial charge in [0.05, 0.1) is 13.3 Å². The molecule has 0 spiro atoms. The van der Waals surface area contributed by atoms with E-state index < -0.39 is 0 Å². The van der Waals surface area contributed by atoms with Crippen LogP contribution in [0.25, 0.3) is 4.96 Å². The minimum absolute atomic E-state index is 0.285. The molecule has 3 rings (SSSR count). The smallest absolute Gasteiger partial charge is 0.295 e. The van der Waals surface area contributed by atoms with Crippen LogP contribution in [0, 0.1) is 6.92 Å². The summed E-state index contributed by atoms with van der Waals surface area (Å²) in [5.74, 6) is 0.426. The molecule has 0 unspecified atom stereocenters. The number of aryl methyl sites for hydroxylation is 1. The van der Waals surface area contributed by atoms with E-state index in [1.165, 1.54) is 4.52 Å². The van der Waals surface area contributed by atoms with Gasteiger partial charge in [-0.2, -0.15) is 10.1 Å². The molecule has 0 fully saturated rings. The van der Waals surface area contributed by atoms with Gasteiger partial charge in [0, 0.05) is 5.69 Å². The van der Waals surface area contributed by atoms with Crippen molar-refractivity contribution in [2.75, 3.05) is 12.4 Å². The molecule has 1 aromatic carbocycles. The molecule has 1 N–H and O–H groups in total. The third kappa shape index (κ3) is 2.68. The van der Waals surface area contributed by atoms with Crippen molar-refractivity contribution in [2.45, 2.75) is 6.92 Å². The predicted molar refractivity (Wildman–Crippen MR) is 82.8 cm³/mol. The van der Waals surface area contributed by atoms with Crippen molar-refractivity contribution in [1.82, 2.24) is 14.6 Å². The molecule has 22 heavy (non-hydrogen) atoms. The normalized spacial score (nSPS) is 10.6. The number of fused-ring (bicyclic) bond motifs is 1. The van der Waals surface area contributed by atoms with Crippen LogP contribution in [0.15, 0.2) is 35.3 Å². The van der Waals surface area contributed by atoms with E-state index in [4.69, 9.17) is 4.74 Å². The van der Waals surface area contributed by atoms with Crippen molar-refractivity contribution in [1.29, 1.82) is 0 Å². The van der Waals surface area contributed by atoms with Crippen LogP contribution in [0.3, 0.4) is 0 Å². The topological polar surface area (TPSA) is 85.6 Å². The molecule has 2 heterocycles. The average molecular weight is 316 g/mol. The number of ether oxygens (including phenoxy) is 1. The van der Waals surface area contributed by atoms with Crippen LogP contribution in [0.5, 0.6) is 5.75 Å². The lowest BCUT2D eigenvalue weighted by Gasteiger charge is -2.04. The van der Waals surface area contributed by atoms with Crippen LogP contribution in [-0.2, 0) is 0 Å². The van der Waals surface area contributed by atoms with Gasteiger partial charge in [-0.15, -0.1) is 0 Å². The summed E-state index contributed by atoms with van der Waals surface area (Å²) < 4.78 is 6.50. The first-order chi connectivity index (χ1) is 10.6. The van der Waals surface area contributed by atoms with Crippen LogP contribution in [0.2, 0.25) is 0 Å². The highest BCUT2D eigenvalue weighted by Crippen LogP contribution is 2.18. The van der Waals surface area contributed by atoms with Crippen LogP contribution < -0.4 is 15.6 Å². The van der Waals surface area contributed by atoms with Crippen LogP contribution >= 0.6 is 11.3 Å². The largest absolute Gasteiger partial charge is 0.497 e. The number of carbonyl (C=O) groups excluding carboxylic acids is 1. The van der Waals surface area contributed by atoms with Gasteiger partial charge in [-0.25, -0.2) is 4.52 Å². The number of rotatable bonds is 3. The summed E-state index contributed by atoms with van der Waals surface area (Å²) in [7, 11) is 1.58. The van der Waals surface area contributed by atoms with Crippen molar-refractivity contribution in [2.24, 2.45) is 0 Å². The Hall–Kier alpha value is -2.74. The molecular weight excluding hydrogens is 304 g/mol. The number of benzene rings is 1. The van der Waals surface area contributed by atoms with Crippen molar-refractivity contribution in [3.05, 3.63) is 51.4 Å². The second kappa shape index (κ2) is 5.57. The van der Waals surface area contributed by atoms with Gasteiger partial charge in [0.25, 0.3) is 11.5 Å². The maximum atomic E-state index is 12.2. The minimum atomic E-state index is -0.385. The number of thiazole rings is 1. The molecule has 0 aliphatic heterocycles. The Morgan fingerprint density at radius 3 is 2.73 bits per heavy atom. The third-order valence-corrected chi connectivity index (χ3v) is 3.94. The number of amides is 1. The number of nitrogens with zero attached hydrogens (tertiary/aromatic N) is 3. The second-order valence-electron chi connectivity index (χ2n) is 4.51. The van der Waals surface area contributed by atoms with Gasteiger partial charge >= 0.3 is 0 Å². The summed E-state index contributed by atoms with van der Waals surface area (Å²) in [5.41, 5.74) is 0.552. The number of carbonyl (C=O) groups is 1. The van der Waals surface area contributed by atoms with Crippen molar-refractivity contribution in [3.63, 3.8) is 0 Å². The number of aromatic nitrogens is 3. The van der Waals surface area contributed by atoms with E-state index >= 15 is 0 Å². The molecule has 0 aliphatic carbocycles. The van der Waals surface area contributed by atoms with E-state index in [0.717, 1.165) is 11.3 Å². The summed E-state index contributed by atoms with van der Waals surface area (Å²) in [6.45, 7) is 1.58. The first-order valence-corrected chi connectivity index (χ1v) is 7.21. The highest BCUT2D eigenvalue weighted by molar-refractivity contribution is 7.18. The van der Waals surface area contributed by atoms with E-state index in [9.17, 15) is 9.59 Å². The molecule has 7 nitrogen and oxygen atoms in total. The van der Waals surface area contributed by atoms with E-state index in [0.29, 0.717) is 21.3 Å². The van der Waals surface area contributed by atoms with E-state index in [1.807, 2.05) is 0 Å². The maximum Gasteiger partial charge on any atom is 0.295 e. The Bertz CT molecular complexity index is 899. The third-order valence-electron chi connectivity index (χ3n) is 2.97. The van der Waals surface area contributed by atoms with Gasteiger partial charge in [0.15, 0.2) is 0 Å². The van der Waals surface area contributed by atoms with E-state index in [2.05, 4.69) is 15.4 Å². The minimum Gasteiger partial charge on any atom is -0.497 e. The van der Waals surface area contributed by atoms with Gasteiger partial charge < -0.3 is 10.1 Å². The zero-order valence-corrected chi connectivity index (χ0v) is 12.7. The number of nitrogens with one attached hydrogen (secondary N) is 1. The van der Waals surface area contributed by atoms with E-state index in [-0.39, 0.29) is 17.2 Å². The first kappa shape index (κ1) is 14.2. The number of methoxy groups -OCH3 is 1. The second-order valence-corrected chi connectivity index (χ2v) is 5.52. The zero-order chi connectivity index (χ0) is 15.7. The van der Waals surface area contributed by atoms with Gasteiger partial charge in [0.1, 0.15) is 16.3 Å². The molecule has 0 aliphatic rings. The standard InChI is InChI=1S/C14H12N4O3S/c1-8-12(19)16-14-18(17-8)7-11(22-14)13(20)15-9-3-5-10(21-2)6-4-9/h3-7H,1-2H3,(H,15,20). The molecule has 0 radical (unpaired) electrons. The molecule has 0 saturated heterocycles. The summed E-state index contributed by atoms with van der Waals surface area (Å²) >= 11 is 1.11. The Kier molecular flexibility index (Phi) is 3.60. The lowest BCUT2D eigenvalue weighted by molar-refractivity contribution is 0.103. The molecule has 3 aromatic rings. The highest BCUT2D eigenvalue weighted by atomic mass is 32.1. The lowest BCUT2D eigenvalue weighted by atomic mass is 10.3. The van der Waals surface area contributed by atoms with E-state index in [1.54, 1.807) is 44.5 Å². The Morgan fingerprint density at radius 1 is 1.32 bits per heavy atom. The zero-order valence-electron chi connectivity index (χ0n) is 11.9. The summed E-state index contributed by atoms with van der Waals surface area (Å²) in [5, 5.41) is 6.83. The molecule has 8 heteroatoms. The SMILES string of the molecule is COc1ccc(NC(=O)c2cn3nc(C)c(=O)nc3s2)cc1. The molecule has 112 valence electrons. The maximum absolute atomic E-state index is 12.2. The molecule has 1 amide bonds. The van der Waals surface area contributed by atoms with Gasteiger partial charge in [0.2, 0.25) is 4.96 Å². The van der Waals surface area contributed by atoms with Gasteiger partial charge in [-0.3, -0.25) is 9.59 Å². The summed E-state index contributed by atoms with van der Waals surface area (Å²) in [6, 6.07) is 7.00. The number of hydrogen-bond acceptors (Lipinski definition) is 6. The van der Waals surface area contributed by atoms with Gasteiger partial charge in [-0.1, -0.05) is 11.3 Å². The van der Waals surface area contributed by atoms with Crippen molar-refractivity contribution < 1.29 is 9.53 Å². The summed E-state index contributed by atoms with van der Waals surface area (Å²) in [6.07, 6.45) is 1.55. The fraction of sp³-hybridized carbons (Fsp3) is 0.143. The Labute approximate surface area is 129 Å². The number of anilines is 1. The quantitative estimate of drug-likeness (QED) is 0.795. The van der Waals surface area contributed by atoms with Gasteiger partial charge in [-0.05, 0) is 31.2 Å². The Morgan fingerprint density at radius 2 is 2.05 bits per heavy atom. The highest BCUT2D eigenvalue weighted by Gasteiger charge is 2.13. The average Bonchev–Trinajstić information content (AvgIpc) is 2.91. The first-order valence-electron chi connectivity index (χ1n) is 6.39. The molecule has 0 bridgehead atoms. The van der Waals surface area contributed by atoms with Crippen LogP contribution in [-0.4, -0.2) is 27.6 Å². The molecule has 0 atom stereocenters. The summed E-state index contributed by atoms with van der Waals surface area (Å²) in [4.78, 5) is 28.4. The molecular formula is C14H12N4O3S. The van der Waals surface area contributed by atoms with Crippen LogP contribution in [0.1, 0.15) is 15.4 Å². The fourth-order valence-electron chi connectivity index (χ4n) is 1.83. The Balaban J connectivity index is 1.86. The molecule has 2 aromatic heterocycles.